The van der Waals surface area contributed by atoms with Crippen molar-refractivity contribution in [2.75, 3.05) is 13.7 Å². The van der Waals surface area contributed by atoms with Crippen LogP contribution >= 0.6 is 0 Å². The molecule has 1 aromatic carbocycles. The molecular weight excluding hydrogens is 421 g/mol. The molecule has 4 rings (SSSR count). The Hall–Kier alpha value is -2.47. The molecule has 2 amide bonds. The third kappa shape index (κ3) is 4.50. The summed E-state index contributed by atoms with van der Waals surface area (Å²) in [7, 11) is 1.60. The van der Waals surface area contributed by atoms with Gasteiger partial charge in [0.05, 0.1) is 24.5 Å². The number of carbonyl (C=O) groups is 2. The molecule has 2 fully saturated rings. The molecule has 1 N–H and O–H groups in total. The minimum atomic E-state index is -0.617. The molecule has 0 spiro atoms. The largest absolute Gasteiger partial charge is 0.505 e. The van der Waals surface area contributed by atoms with Gasteiger partial charge in [0, 0.05) is 13.0 Å². The molecule has 33 heavy (non-hydrogen) atoms. The van der Waals surface area contributed by atoms with Crippen molar-refractivity contribution in [2.24, 2.45) is 17.8 Å². The van der Waals surface area contributed by atoms with Crippen LogP contribution in [0.2, 0.25) is 0 Å². The maximum absolute atomic E-state index is 13.8. The van der Waals surface area contributed by atoms with Gasteiger partial charge < -0.3 is 9.84 Å². The molecule has 1 aromatic rings. The highest BCUT2D eigenvalue weighted by Gasteiger charge is 2.55. The van der Waals surface area contributed by atoms with Crippen LogP contribution in [0.1, 0.15) is 64.4 Å². The number of hydrogen-bond donors (Lipinski definition) is 1. The Kier molecular flexibility index (Phi) is 7.03. The number of imide groups is 1. The predicted molar refractivity (Wildman–Crippen MR) is 125 cm³/mol. The molecule has 0 saturated carbocycles. The number of phenolic OH excluding ortho intramolecular Hbond substituents is 1. The quantitative estimate of drug-likeness (QED) is 0.430. The highest BCUT2D eigenvalue weighted by atomic mass is 19.1. The first-order chi connectivity index (χ1) is 15.8. The average Bonchev–Trinajstić information content (AvgIpc) is 3.30. The molecule has 3 aliphatic rings. The van der Waals surface area contributed by atoms with Gasteiger partial charge in [-0.05, 0) is 55.4 Å². The van der Waals surface area contributed by atoms with E-state index in [1.165, 1.54) is 33.8 Å². The second kappa shape index (κ2) is 9.80. The van der Waals surface area contributed by atoms with Crippen LogP contribution in [0.3, 0.4) is 0 Å². The number of rotatable bonds is 8. The van der Waals surface area contributed by atoms with E-state index in [-0.39, 0.29) is 41.4 Å². The number of amides is 2. The van der Waals surface area contributed by atoms with E-state index in [1.807, 2.05) is 6.08 Å². The van der Waals surface area contributed by atoms with Crippen molar-refractivity contribution < 1.29 is 23.8 Å². The lowest BCUT2D eigenvalue weighted by Gasteiger charge is -2.32. The van der Waals surface area contributed by atoms with Gasteiger partial charge in [-0.3, -0.25) is 14.5 Å². The third-order valence-electron chi connectivity index (χ3n) is 7.42. The number of likely N-dealkylation sites (tertiary alicyclic amines) is 1. The summed E-state index contributed by atoms with van der Waals surface area (Å²) >= 11 is 0. The topological polar surface area (TPSA) is 66.8 Å². The number of allylic oxidation sites excluding steroid dienone is 2. The van der Waals surface area contributed by atoms with Crippen molar-refractivity contribution in [3.05, 3.63) is 46.3 Å². The first kappa shape index (κ1) is 23.7. The second-order valence-electron chi connectivity index (χ2n) is 9.61. The molecule has 2 heterocycles. The molecule has 6 heteroatoms. The van der Waals surface area contributed by atoms with Crippen molar-refractivity contribution >= 4 is 17.9 Å². The summed E-state index contributed by atoms with van der Waals surface area (Å²) in [6.45, 7) is 4.76. The molecule has 178 valence electrons. The Morgan fingerprint density at radius 2 is 1.97 bits per heavy atom. The average molecular weight is 456 g/mol. The van der Waals surface area contributed by atoms with Gasteiger partial charge in [-0.1, -0.05) is 50.0 Å². The van der Waals surface area contributed by atoms with Crippen molar-refractivity contribution in [1.29, 1.82) is 0 Å². The van der Waals surface area contributed by atoms with Gasteiger partial charge in [0.25, 0.3) is 0 Å². The fourth-order valence-electron chi connectivity index (χ4n) is 5.92. The van der Waals surface area contributed by atoms with Gasteiger partial charge >= 0.3 is 0 Å². The maximum atomic E-state index is 13.8. The van der Waals surface area contributed by atoms with E-state index in [2.05, 4.69) is 13.8 Å². The number of hydrogen-bond acceptors (Lipinski definition) is 4. The van der Waals surface area contributed by atoms with E-state index in [0.717, 1.165) is 44.1 Å². The summed E-state index contributed by atoms with van der Waals surface area (Å²) in [5.41, 5.74) is 4.53. The van der Waals surface area contributed by atoms with Crippen molar-refractivity contribution in [2.45, 2.75) is 64.9 Å². The molecule has 0 radical (unpaired) electrons. The number of ether oxygens (including phenoxy) is 1. The highest BCUT2D eigenvalue weighted by Crippen LogP contribution is 2.50. The maximum Gasteiger partial charge on any atom is 0.233 e. The third-order valence-corrected chi connectivity index (χ3v) is 7.42. The summed E-state index contributed by atoms with van der Waals surface area (Å²) in [6.07, 6.45) is 8.08. The lowest BCUT2D eigenvalue weighted by Crippen LogP contribution is -2.34. The first-order valence-electron chi connectivity index (χ1n) is 12.2. The van der Waals surface area contributed by atoms with Crippen LogP contribution in [0.25, 0.3) is 6.08 Å². The van der Waals surface area contributed by atoms with Gasteiger partial charge in [0.15, 0.2) is 11.6 Å². The van der Waals surface area contributed by atoms with Crippen LogP contribution in [0.5, 0.6) is 5.75 Å². The Bertz CT molecular complexity index is 998. The molecular formula is C27H34FNO4. The SMILES string of the molecule is CCCC1=C2[C@@H](CC/C(=C/c3ccc(O)c(F)c3)CCC)OC[C@@H]2[C@@H]2C(=O)N(C)C(=O)[C@@H]2C1. The summed E-state index contributed by atoms with van der Waals surface area (Å²) in [6, 6.07) is 4.46. The molecule has 2 saturated heterocycles. The number of nitrogens with zero attached hydrogens (tertiary/aromatic N) is 1. The van der Waals surface area contributed by atoms with Crippen LogP contribution in [-0.2, 0) is 14.3 Å². The monoisotopic (exact) mass is 455 g/mol. The van der Waals surface area contributed by atoms with Gasteiger partial charge in [0.1, 0.15) is 0 Å². The van der Waals surface area contributed by atoms with Crippen LogP contribution in [0.4, 0.5) is 4.39 Å². The lowest BCUT2D eigenvalue weighted by molar-refractivity contribution is -0.138. The van der Waals surface area contributed by atoms with E-state index in [0.29, 0.717) is 13.0 Å². The Morgan fingerprint density at radius 1 is 1.18 bits per heavy atom. The molecule has 5 nitrogen and oxygen atoms in total. The van der Waals surface area contributed by atoms with E-state index in [1.54, 1.807) is 13.1 Å². The molecule has 4 atom stereocenters. The normalized spacial score (nSPS) is 27.4. The van der Waals surface area contributed by atoms with E-state index in [9.17, 15) is 19.1 Å². The van der Waals surface area contributed by atoms with E-state index in [4.69, 9.17) is 4.74 Å². The smallest absolute Gasteiger partial charge is 0.233 e. The van der Waals surface area contributed by atoms with Crippen molar-refractivity contribution in [3.8, 4) is 5.75 Å². The summed E-state index contributed by atoms with van der Waals surface area (Å²) in [5, 5.41) is 9.46. The number of benzene rings is 1. The van der Waals surface area contributed by atoms with E-state index < -0.39 is 5.82 Å². The molecule has 1 aliphatic carbocycles. The second-order valence-corrected chi connectivity index (χ2v) is 9.61. The standard InChI is InChI=1S/C27H34FNO4/c1-4-6-16(12-17-8-10-22(30)21(28)13-17)9-11-23-24-18(7-5-2)14-19-25(20(24)15-33-23)27(32)29(3)26(19)31/h8,10,12-13,19-20,23,25,30H,4-7,9,11,14-15H2,1-3H3/b16-12+/t19-,20+,23-,25-/m1/s1. The van der Waals surface area contributed by atoms with Crippen LogP contribution in [0.15, 0.2) is 34.9 Å². The lowest BCUT2D eigenvalue weighted by atomic mass is 9.68. The van der Waals surface area contributed by atoms with Crippen molar-refractivity contribution in [1.82, 2.24) is 4.90 Å². The minimum Gasteiger partial charge on any atom is -0.505 e. The highest BCUT2D eigenvalue weighted by molar-refractivity contribution is 6.05. The minimum absolute atomic E-state index is 0.00139. The predicted octanol–water partition coefficient (Wildman–Crippen LogP) is 5.24. The van der Waals surface area contributed by atoms with Crippen LogP contribution in [-0.4, -0.2) is 41.6 Å². The zero-order valence-corrected chi connectivity index (χ0v) is 19.8. The van der Waals surface area contributed by atoms with Crippen LogP contribution in [0, 0.1) is 23.6 Å². The first-order valence-corrected chi connectivity index (χ1v) is 12.2. The Balaban J connectivity index is 1.55. The summed E-state index contributed by atoms with van der Waals surface area (Å²) in [4.78, 5) is 26.8. The Morgan fingerprint density at radius 3 is 2.67 bits per heavy atom. The number of fused-ring (bicyclic) bond motifs is 3. The number of phenols is 1. The summed E-state index contributed by atoms with van der Waals surface area (Å²) in [5.74, 6) is -1.58. The van der Waals surface area contributed by atoms with Gasteiger partial charge in [-0.2, -0.15) is 0 Å². The fraction of sp³-hybridized carbons (Fsp3) is 0.556. The van der Waals surface area contributed by atoms with Gasteiger partial charge in [-0.15, -0.1) is 0 Å². The molecule has 0 aromatic heterocycles. The zero-order chi connectivity index (χ0) is 23.7. The molecule has 2 aliphatic heterocycles. The molecule has 0 bridgehead atoms. The van der Waals surface area contributed by atoms with Gasteiger partial charge in [-0.25, -0.2) is 4.39 Å². The van der Waals surface area contributed by atoms with Crippen molar-refractivity contribution in [3.63, 3.8) is 0 Å². The molecule has 0 unspecified atom stereocenters. The summed E-state index contributed by atoms with van der Waals surface area (Å²) < 4.78 is 20.0. The van der Waals surface area contributed by atoms with Crippen LogP contribution < -0.4 is 0 Å². The van der Waals surface area contributed by atoms with Gasteiger partial charge in [0.2, 0.25) is 11.8 Å². The Labute approximate surface area is 195 Å². The number of halogens is 1. The number of aromatic hydroxyl groups is 1. The zero-order valence-electron chi connectivity index (χ0n) is 19.8. The number of carbonyl (C=O) groups excluding carboxylic acids is 2. The fourth-order valence-corrected chi connectivity index (χ4v) is 5.92. The van der Waals surface area contributed by atoms with E-state index >= 15 is 0 Å².